The van der Waals surface area contributed by atoms with E-state index in [1.54, 1.807) is 6.20 Å². The molecule has 3 heteroatoms. The van der Waals surface area contributed by atoms with Crippen LogP contribution < -0.4 is 0 Å². The molecule has 3 rings (SSSR count). The first-order valence-electron chi connectivity index (χ1n) is 6.15. The molecule has 19 heavy (non-hydrogen) atoms. The Morgan fingerprint density at radius 1 is 0.789 bits per heavy atom. The minimum absolute atomic E-state index is 0.737. The van der Waals surface area contributed by atoms with Crippen LogP contribution in [-0.2, 0) is 0 Å². The maximum atomic E-state index is 4.60. The lowest BCUT2D eigenvalue weighted by molar-refractivity contribution is 1.10. The van der Waals surface area contributed by atoms with Crippen molar-refractivity contribution in [2.24, 2.45) is 0 Å². The summed E-state index contributed by atoms with van der Waals surface area (Å²) in [4.78, 5) is 13.4. The van der Waals surface area contributed by atoms with E-state index in [4.69, 9.17) is 0 Å². The number of hydrogen-bond acceptors (Lipinski definition) is 3. The van der Waals surface area contributed by atoms with Crippen molar-refractivity contribution >= 4 is 0 Å². The Morgan fingerprint density at radius 2 is 1.58 bits per heavy atom. The van der Waals surface area contributed by atoms with E-state index < -0.39 is 0 Å². The van der Waals surface area contributed by atoms with Crippen LogP contribution in [0.25, 0.3) is 22.8 Å². The van der Waals surface area contributed by atoms with Crippen LogP contribution in [0.1, 0.15) is 5.69 Å². The molecule has 0 unspecified atom stereocenters. The van der Waals surface area contributed by atoms with Gasteiger partial charge in [-0.05, 0) is 25.1 Å². The molecule has 0 atom stereocenters. The van der Waals surface area contributed by atoms with E-state index in [0.717, 1.165) is 28.5 Å². The number of pyridine rings is 1. The van der Waals surface area contributed by atoms with Crippen LogP contribution in [0.2, 0.25) is 0 Å². The molecule has 1 aromatic carbocycles. The molecule has 3 nitrogen and oxygen atoms in total. The van der Waals surface area contributed by atoms with Crippen LogP contribution in [0.4, 0.5) is 0 Å². The zero-order valence-electron chi connectivity index (χ0n) is 10.6. The summed E-state index contributed by atoms with van der Waals surface area (Å²) in [5.74, 6) is 0.737. The van der Waals surface area contributed by atoms with Gasteiger partial charge in [0.05, 0.1) is 11.4 Å². The van der Waals surface area contributed by atoms with Gasteiger partial charge in [0.25, 0.3) is 0 Å². The maximum Gasteiger partial charge on any atom is 0.160 e. The van der Waals surface area contributed by atoms with Gasteiger partial charge in [0.1, 0.15) is 0 Å². The number of rotatable bonds is 2. The quantitative estimate of drug-likeness (QED) is 0.695. The van der Waals surface area contributed by atoms with Gasteiger partial charge in [0.15, 0.2) is 5.82 Å². The van der Waals surface area contributed by atoms with Crippen molar-refractivity contribution in [2.45, 2.75) is 6.92 Å². The summed E-state index contributed by atoms with van der Waals surface area (Å²) in [5.41, 5.74) is 3.68. The van der Waals surface area contributed by atoms with E-state index >= 15 is 0 Å². The van der Waals surface area contributed by atoms with Gasteiger partial charge in [-0.15, -0.1) is 0 Å². The molecule has 0 radical (unpaired) electrons. The summed E-state index contributed by atoms with van der Waals surface area (Å²) in [6.07, 6.45) is 1.77. The van der Waals surface area contributed by atoms with Gasteiger partial charge in [-0.25, -0.2) is 9.97 Å². The molecule has 0 aliphatic carbocycles. The Labute approximate surface area is 112 Å². The molecule has 0 aliphatic heterocycles. The van der Waals surface area contributed by atoms with Gasteiger partial charge >= 0.3 is 0 Å². The molecule has 0 N–H and O–H groups in total. The molecule has 0 amide bonds. The summed E-state index contributed by atoms with van der Waals surface area (Å²) >= 11 is 0. The number of aromatic nitrogens is 3. The monoisotopic (exact) mass is 247 g/mol. The number of hydrogen-bond donors (Lipinski definition) is 0. The smallest absolute Gasteiger partial charge is 0.160 e. The SMILES string of the molecule is Cc1cc(-c2ccccn2)nc(-c2ccccc2)n1. The summed E-state index contributed by atoms with van der Waals surface area (Å²) in [6.45, 7) is 1.97. The summed E-state index contributed by atoms with van der Waals surface area (Å²) < 4.78 is 0. The molecule has 0 fully saturated rings. The van der Waals surface area contributed by atoms with Crippen molar-refractivity contribution in [3.63, 3.8) is 0 Å². The lowest BCUT2D eigenvalue weighted by Gasteiger charge is -2.05. The second-order valence-electron chi connectivity index (χ2n) is 4.30. The normalized spacial score (nSPS) is 10.4. The highest BCUT2D eigenvalue weighted by Crippen LogP contribution is 2.20. The van der Waals surface area contributed by atoms with E-state index in [1.165, 1.54) is 0 Å². The van der Waals surface area contributed by atoms with Crippen LogP contribution >= 0.6 is 0 Å². The third-order valence-corrected chi connectivity index (χ3v) is 2.81. The Kier molecular flexibility index (Phi) is 3.02. The lowest BCUT2D eigenvalue weighted by Crippen LogP contribution is -1.95. The third-order valence-electron chi connectivity index (χ3n) is 2.81. The van der Waals surface area contributed by atoms with Crippen molar-refractivity contribution in [3.8, 4) is 22.8 Å². The second kappa shape index (κ2) is 4.98. The first-order chi connectivity index (χ1) is 9.33. The highest BCUT2D eigenvalue weighted by atomic mass is 14.9. The Balaban J connectivity index is 2.12. The van der Waals surface area contributed by atoms with E-state index in [9.17, 15) is 0 Å². The van der Waals surface area contributed by atoms with Crippen LogP contribution in [0.3, 0.4) is 0 Å². The summed E-state index contributed by atoms with van der Waals surface area (Å²) in [6, 6.07) is 17.7. The molecule has 92 valence electrons. The van der Waals surface area contributed by atoms with Crippen LogP contribution in [-0.4, -0.2) is 15.0 Å². The lowest BCUT2D eigenvalue weighted by atomic mass is 10.2. The molecule has 2 aromatic heterocycles. The molecule has 0 saturated carbocycles. The van der Waals surface area contributed by atoms with Crippen molar-refractivity contribution in [1.29, 1.82) is 0 Å². The topological polar surface area (TPSA) is 38.7 Å². The fraction of sp³-hybridized carbons (Fsp3) is 0.0625. The Morgan fingerprint density at radius 3 is 2.32 bits per heavy atom. The maximum absolute atomic E-state index is 4.60. The minimum atomic E-state index is 0.737. The van der Waals surface area contributed by atoms with Gasteiger partial charge in [-0.3, -0.25) is 4.98 Å². The standard InChI is InChI=1S/C16H13N3/c1-12-11-15(14-9-5-6-10-17-14)19-16(18-12)13-7-3-2-4-8-13/h2-11H,1H3. The molecular formula is C16H13N3. The van der Waals surface area contributed by atoms with Gasteiger partial charge in [-0.2, -0.15) is 0 Å². The molecule has 0 spiro atoms. The van der Waals surface area contributed by atoms with Crippen molar-refractivity contribution in [1.82, 2.24) is 15.0 Å². The van der Waals surface area contributed by atoms with Crippen molar-refractivity contribution in [2.75, 3.05) is 0 Å². The van der Waals surface area contributed by atoms with Crippen molar-refractivity contribution in [3.05, 3.63) is 66.5 Å². The molecule has 0 saturated heterocycles. The molecule has 0 aliphatic rings. The van der Waals surface area contributed by atoms with Gasteiger partial charge in [0, 0.05) is 17.5 Å². The van der Waals surface area contributed by atoms with E-state index in [-0.39, 0.29) is 0 Å². The molecule has 3 aromatic rings. The predicted octanol–water partition coefficient (Wildman–Crippen LogP) is 3.51. The fourth-order valence-corrected chi connectivity index (χ4v) is 1.93. The first-order valence-corrected chi connectivity index (χ1v) is 6.15. The van der Waals surface area contributed by atoms with Crippen molar-refractivity contribution < 1.29 is 0 Å². The van der Waals surface area contributed by atoms with Crippen LogP contribution in [0.15, 0.2) is 60.8 Å². The minimum Gasteiger partial charge on any atom is -0.255 e. The predicted molar refractivity (Wildman–Crippen MR) is 75.4 cm³/mol. The number of benzene rings is 1. The van der Waals surface area contributed by atoms with Crippen LogP contribution in [0, 0.1) is 6.92 Å². The molecule has 0 bridgehead atoms. The average molecular weight is 247 g/mol. The molecule has 2 heterocycles. The fourth-order valence-electron chi connectivity index (χ4n) is 1.93. The average Bonchev–Trinajstić information content (AvgIpc) is 2.48. The van der Waals surface area contributed by atoms with Gasteiger partial charge < -0.3 is 0 Å². The number of nitrogens with zero attached hydrogens (tertiary/aromatic N) is 3. The second-order valence-corrected chi connectivity index (χ2v) is 4.30. The Bertz CT molecular complexity index is 621. The summed E-state index contributed by atoms with van der Waals surface area (Å²) in [5, 5.41) is 0. The molecular weight excluding hydrogens is 234 g/mol. The zero-order valence-corrected chi connectivity index (χ0v) is 10.6. The largest absolute Gasteiger partial charge is 0.255 e. The number of aryl methyl sites for hydroxylation is 1. The van der Waals surface area contributed by atoms with Crippen LogP contribution in [0.5, 0.6) is 0 Å². The van der Waals surface area contributed by atoms with E-state index in [2.05, 4.69) is 15.0 Å². The summed E-state index contributed by atoms with van der Waals surface area (Å²) in [7, 11) is 0. The van der Waals surface area contributed by atoms with Gasteiger partial charge in [-0.1, -0.05) is 36.4 Å². The van der Waals surface area contributed by atoms with E-state index in [1.807, 2.05) is 61.5 Å². The first kappa shape index (κ1) is 11.5. The third kappa shape index (κ3) is 2.50. The Hall–Kier alpha value is -2.55. The van der Waals surface area contributed by atoms with E-state index in [0.29, 0.717) is 0 Å². The highest BCUT2D eigenvalue weighted by Gasteiger charge is 2.06. The van der Waals surface area contributed by atoms with Gasteiger partial charge in [0.2, 0.25) is 0 Å². The highest BCUT2D eigenvalue weighted by molar-refractivity contribution is 5.61. The zero-order chi connectivity index (χ0) is 13.1.